The predicted molar refractivity (Wildman–Crippen MR) is 211 cm³/mol. The SMILES string of the molecule is C=C(C)[C@H](C)C[C@H]1CC[C@@H]2O[C@@H](CCCO)C[C@]2(CI)O1.C=C(C)[C@H](C)C[C@H]1CC[C@@H]2O[C@@H](CCCOC(=O)C(C)(C)C)C[C@]2(CI)O1. The number of rotatable bonds is 15. The highest BCUT2D eigenvalue weighted by Crippen LogP contribution is 2.46. The zero-order valence-electron chi connectivity index (χ0n) is 31.0. The molecule has 9 heteroatoms. The second-order valence-electron chi connectivity index (χ2n) is 16.3. The molecule has 10 atom stereocenters. The van der Waals surface area contributed by atoms with Crippen molar-refractivity contribution < 1.29 is 33.6 Å². The van der Waals surface area contributed by atoms with E-state index in [1.807, 2.05) is 20.8 Å². The average molecular weight is 901 g/mol. The van der Waals surface area contributed by atoms with Crippen molar-refractivity contribution in [3.05, 3.63) is 24.3 Å². The number of aliphatic hydroxyl groups excluding tert-OH is 1. The first kappa shape index (κ1) is 42.6. The summed E-state index contributed by atoms with van der Waals surface area (Å²) in [5, 5.41) is 9.00. The summed E-state index contributed by atoms with van der Waals surface area (Å²) in [4.78, 5) is 11.9. The lowest BCUT2D eigenvalue weighted by Crippen LogP contribution is -2.50. The lowest BCUT2D eigenvalue weighted by molar-refractivity contribution is -0.156. The van der Waals surface area contributed by atoms with E-state index in [4.69, 9.17) is 28.8 Å². The third kappa shape index (κ3) is 11.9. The van der Waals surface area contributed by atoms with Crippen LogP contribution in [0.1, 0.15) is 126 Å². The van der Waals surface area contributed by atoms with Crippen molar-refractivity contribution >= 4 is 51.2 Å². The van der Waals surface area contributed by atoms with E-state index >= 15 is 0 Å². The van der Waals surface area contributed by atoms with Crippen LogP contribution in [-0.4, -0.2) is 81.0 Å². The highest BCUT2D eigenvalue weighted by molar-refractivity contribution is 14.1. The van der Waals surface area contributed by atoms with E-state index in [2.05, 4.69) is 86.0 Å². The van der Waals surface area contributed by atoms with Crippen LogP contribution in [0.4, 0.5) is 0 Å². The molecular weight excluding hydrogens is 834 g/mol. The van der Waals surface area contributed by atoms with E-state index in [0.717, 1.165) is 85.9 Å². The fraction of sp³-hybridized carbons (Fsp3) is 0.872. The molecule has 0 aliphatic carbocycles. The van der Waals surface area contributed by atoms with Gasteiger partial charge in [0.15, 0.2) is 0 Å². The van der Waals surface area contributed by atoms with Crippen LogP contribution in [0.15, 0.2) is 24.3 Å². The average Bonchev–Trinajstić information content (AvgIpc) is 3.59. The number of fused-ring (bicyclic) bond motifs is 2. The predicted octanol–water partition coefficient (Wildman–Crippen LogP) is 9.34. The summed E-state index contributed by atoms with van der Waals surface area (Å²) in [6, 6.07) is 0. The zero-order chi connectivity index (χ0) is 35.7. The number of carbonyl (C=O) groups excluding carboxylic acids is 1. The number of allylic oxidation sites excluding steroid dienone is 2. The van der Waals surface area contributed by atoms with Crippen molar-refractivity contribution in [1.82, 2.24) is 0 Å². The molecular formula is C39H66I2O7. The quantitative estimate of drug-likeness (QED) is 0.0577. The summed E-state index contributed by atoms with van der Waals surface area (Å²) < 4.78 is 33.1. The van der Waals surface area contributed by atoms with Gasteiger partial charge in [0.05, 0.1) is 48.6 Å². The van der Waals surface area contributed by atoms with Crippen molar-refractivity contribution in [2.24, 2.45) is 17.3 Å². The van der Waals surface area contributed by atoms with Gasteiger partial charge in [-0.25, -0.2) is 0 Å². The van der Waals surface area contributed by atoms with Gasteiger partial charge in [-0.3, -0.25) is 4.79 Å². The van der Waals surface area contributed by atoms with Gasteiger partial charge < -0.3 is 28.8 Å². The lowest BCUT2D eigenvalue weighted by atomic mass is 9.85. The molecule has 4 aliphatic rings. The summed E-state index contributed by atoms with van der Waals surface area (Å²) in [5.41, 5.74) is 1.79. The number of alkyl halides is 2. The third-order valence-corrected chi connectivity index (χ3v) is 13.5. The molecule has 0 aromatic carbocycles. The minimum atomic E-state index is -0.437. The minimum Gasteiger partial charge on any atom is -0.465 e. The molecule has 4 aliphatic heterocycles. The third-order valence-electron chi connectivity index (χ3n) is 10.9. The van der Waals surface area contributed by atoms with E-state index in [-0.39, 0.29) is 48.2 Å². The van der Waals surface area contributed by atoms with Gasteiger partial charge >= 0.3 is 5.97 Å². The Morgan fingerprint density at radius 2 is 1.25 bits per heavy atom. The number of hydrogen-bond donors (Lipinski definition) is 1. The largest absolute Gasteiger partial charge is 0.465 e. The van der Waals surface area contributed by atoms with Crippen molar-refractivity contribution in [3.63, 3.8) is 0 Å². The highest BCUT2D eigenvalue weighted by atomic mass is 127. The molecule has 4 fully saturated rings. The molecule has 0 aromatic heterocycles. The van der Waals surface area contributed by atoms with E-state index in [1.165, 1.54) is 11.1 Å². The van der Waals surface area contributed by atoms with Crippen molar-refractivity contribution in [1.29, 1.82) is 0 Å². The second-order valence-corrected chi connectivity index (χ2v) is 17.8. The fourth-order valence-corrected chi connectivity index (χ4v) is 9.39. The van der Waals surface area contributed by atoms with Gasteiger partial charge in [-0.05, 0) is 111 Å². The van der Waals surface area contributed by atoms with E-state index in [1.54, 1.807) is 0 Å². The Morgan fingerprint density at radius 1 is 0.812 bits per heavy atom. The molecule has 0 saturated carbocycles. The maximum absolute atomic E-state index is 11.9. The smallest absolute Gasteiger partial charge is 0.311 e. The van der Waals surface area contributed by atoms with Gasteiger partial charge in [0.2, 0.25) is 0 Å². The van der Waals surface area contributed by atoms with Gasteiger partial charge in [0, 0.05) is 28.3 Å². The van der Waals surface area contributed by atoms with E-state index < -0.39 is 5.41 Å². The normalized spacial score (nSPS) is 34.3. The van der Waals surface area contributed by atoms with Crippen LogP contribution in [0.5, 0.6) is 0 Å². The Labute approximate surface area is 319 Å². The number of carbonyl (C=O) groups is 1. The molecule has 48 heavy (non-hydrogen) atoms. The van der Waals surface area contributed by atoms with E-state index in [0.29, 0.717) is 30.7 Å². The Bertz CT molecular complexity index is 1050. The molecule has 0 amide bonds. The first-order valence-corrected chi connectivity index (χ1v) is 21.5. The number of hydrogen-bond acceptors (Lipinski definition) is 7. The molecule has 0 aromatic rings. The number of aliphatic hydroxyl groups is 1. The van der Waals surface area contributed by atoms with Gasteiger partial charge in [0.25, 0.3) is 0 Å². The highest BCUT2D eigenvalue weighted by Gasteiger charge is 2.53. The van der Waals surface area contributed by atoms with Crippen LogP contribution in [0, 0.1) is 17.3 Å². The maximum atomic E-state index is 11.9. The molecule has 0 unspecified atom stereocenters. The summed E-state index contributed by atoms with van der Waals surface area (Å²) in [7, 11) is 0. The fourth-order valence-electron chi connectivity index (χ4n) is 7.43. The van der Waals surface area contributed by atoms with Crippen LogP contribution in [0.2, 0.25) is 0 Å². The minimum absolute atomic E-state index is 0.0988. The lowest BCUT2D eigenvalue weighted by Gasteiger charge is -2.42. The molecule has 278 valence electrons. The summed E-state index contributed by atoms with van der Waals surface area (Å²) in [5.74, 6) is 0.879. The summed E-state index contributed by atoms with van der Waals surface area (Å²) in [6.07, 6.45) is 13.5. The first-order valence-electron chi connectivity index (χ1n) is 18.4. The Morgan fingerprint density at radius 3 is 1.62 bits per heavy atom. The van der Waals surface area contributed by atoms with Crippen molar-refractivity contribution in [2.45, 2.75) is 173 Å². The van der Waals surface area contributed by atoms with Crippen LogP contribution in [-0.2, 0) is 28.5 Å². The zero-order valence-corrected chi connectivity index (χ0v) is 35.3. The molecule has 0 spiro atoms. The Balaban J connectivity index is 0.000000269. The van der Waals surface area contributed by atoms with Gasteiger partial charge in [0.1, 0.15) is 11.2 Å². The topological polar surface area (TPSA) is 83.5 Å². The van der Waals surface area contributed by atoms with Gasteiger partial charge in [-0.15, -0.1) is 0 Å². The Hall–Kier alpha value is 0.210. The standard InChI is InChI=1S/C22H37IO4.C17H29IO3/c1-15(2)16(3)12-17-9-10-19-22(14-23,27-17)13-18(26-19)8-7-11-25-20(24)21(4,5)6;1-12(2)13(3)9-14-6-7-16-17(11-18,21-14)10-15(20-16)5-4-8-19/h16-19H,1,7-14H2,2-6H3;13-16,19H,1,4-11H2,2-3H3/t16-,17-,18+,19+,22-;13-,14-,15+,16+,17-/m11/s1. The van der Waals surface area contributed by atoms with Gasteiger partial charge in [-0.2, -0.15) is 0 Å². The molecule has 0 radical (unpaired) electrons. The molecule has 4 heterocycles. The molecule has 0 bridgehead atoms. The number of ether oxygens (including phenoxy) is 5. The molecule has 4 saturated heterocycles. The van der Waals surface area contributed by atoms with Crippen LogP contribution in [0.25, 0.3) is 0 Å². The van der Waals surface area contributed by atoms with Crippen LogP contribution >= 0.6 is 45.2 Å². The monoisotopic (exact) mass is 900 g/mol. The van der Waals surface area contributed by atoms with Gasteiger partial charge in [-0.1, -0.05) is 83.3 Å². The summed E-state index contributed by atoms with van der Waals surface area (Å²) >= 11 is 4.90. The molecule has 4 rings (SSSR count). The molecule has 7 nitrogen and oxygen atoms in total. The first-order chi connectivity index (χ1) is 22.6. The van der Waals surface area contributed by atoms with Crippen LogP contribution in [0.3, 0.4) is 0 Å². The number of esters is 1. The van der Waals surface area contributed by atoms with Crippen molar-refractivity contribution in [3.8, 4) is 0 Å². The van der Waals surface area contributed by atoms with Crippen molar-refractivity contribution in [2.75, 3.05) is 22.1 Å². The Kier molecular flexibility index (Phi) is 17.2. The van der Waals surface area contributed by atoms with E-state index in [9.17, 15) is 4.79 Å². The maximum Gasteiger partial charge on any atom is 0.311 e. The number of halogens is 2. The second kappa shape index (κ2) is 19.3. The summed E-state index contributed by atoms with van der Waals surface area (Å²) in [6.45, 7) is 23.2. The molecule has 1 N–H and O–H groups in total. The van der Waals surface area contributed by atoms with Crippen LogP contribution < -0.4 is 0 Å².